The SMILES string of the molecule is C[C@H]1CNCCN1C(=O)c1ccc2c(c1)OCCCO2. The minimum absolute atomic E-state index is 0.0645. The minimum atomic E-state index is 0.0645. The van der Waals surface area contributed by atoms with Crippen molar-refractivity contribution in [3.05, 3.63) is 23.8 Å². The quantitative estimate of drug-likeness (QED) is 0.839. The predicted octanol–water partition coefficient (Wildman–Crippen LogP) is 1.28. The summed E-state index contributed by atoms with van der Waals surface area (Å²) in [6.07, 6.45) is 0.868. The van der Waals surface area contributed by atoms with Gasteiger partial charge in [0.2, 0.25) is 0 Å². The summed E-state index contributed by atoms with van der Waals surface area (Å²) in [5.41, 5.74) is 0.669. The number of amides is 1. The Morgan fingerprint density at radius 2 is 2.10 bits per heavy atom. The number of piperazine rings is 1. The van der Waals surface area contributed by atoms with Gasteiger partial charge in [0.1, 0.15) is 0 Å². The Labute approximate surface area is 118 Å². The zero-order valence-electron chi connectivity index (χ0n) is 11.7. The van der Waals surface area contributed by atoms with Crippen molar-refractivity contribution < 1.29 is 14.3 Å². The lowest BCUT2D eigenvalue weighted by atomic mass is 10.1. The summed E-state index contributed by atoms with van der Waals surface area (Å²) in [6, 6.07) is 5.68. The first-order chi connectivity index (χ1) is 9.75. The molecule has 20 heavy (non-hydrogen) atoms. The molecule has 1 atom stereocenters. The summed E-state index contributed by atoms with van der Waals surface area (Å²) in [7, 11) is 0. The standard InChI is InChI=1S/C15H20N2O3/c1-11-10-16-5-6-17(11)15(18)12-3-4-13-14(9-12)20-8-2-7-19-13/h3-4,9,11,16H,2,5-8,10H2,1H3/t11-/m0/s1. The van der Waals surface area contributed by atoms with E-state index in [1.54, 1.807) is 6.07 Å². The third-order valence-corrected chi connectivity index (χ3v) is 3.76. The second-order valence-electron chi connectivity index (χ2n) is 5.26. The van der Waals surface area contributed by atoms with Crippen molar-refractivity contribution in [2.45, 2.75) is 19.4 Å². The highest BCUT2D eigenvalue weighted by Crippen LogP contribution is 2.31. The Morgan fingerprint density at radius 1 is 1.30 bits per heavy atom. The van der Waals surface area contributed by atoms with Crippen molar-refractivity contribution in [1.29, 1.82) is 0 Å². The second kappa shape index (κ2) is 5.71. The monoisotopic (exact) mass is 276 g/mol. The van der Waals surface area contributed by atoms with Gasteiger partial charge in [-0.15, -0.1) is 0 Å². The molecule has 0 bridgehead atoms. The molecular weight excluding hydrogens is 256 g/mol. The van der Waals surface area contributed by atoms with Crippen molar-refractivity contribution in [3.63, 3.8) is 0 Å². The first-order valence-electron chi connectivity index (χ1n) is 7.17. The van der Waals surface area contributed by atoms with Crippen LogP contribution < -0.4 is 14.8 Å². The normalized spacial score (nSPS) is 22.2. The number of fused-ring (bicyclic) bond motifs is 1. The fourth-order valence-electron chi connectivity index (χ4n) is 2.60. The van der Waals surface area contributed by atoms with Crippen LogP contribution >= 0.6 is 0 Å². The van der Waals surface area contributed by atoms with E-state index in [-0.39, 0.29) is 11.9 Å². The molecule has 5 heteroatoms. The molecule has 3 rings (SSSR count). The molecule has 0 unspecified atom stereocenters. The second-order valence-corrected chi connectivity index (χ2v) is 5.26. The lowest BCUT2D eigenvalue weighted by Gasteiger charge is -2.34. The van der Waals surface area contributed by atoms with Gasteiger partial charge in [0.05, 0.1) is 13.2 Å². The highest BCUT2D eigenvalue weighted by Gasteiger charge is 2.25. The van der Waals surface area contributed by atoms with E-state index in [9.17, 15) is 4.79 Å². The molecule has 0 aliphatic carbocycles. The van der Waals surface area contributed by atoms with Crippen molar-refractivity contribution in [2.75, 3.05) is 32.8 Å². The van der Waals surface area contributed by atoms with E-state index in [4.69, 9.17) is 9.47 Å². The average Bonchev–Trinajstić information content (AvgIpc) is 2.71. The Morgan fingerprint density at radius 3 is 2.90 bits per heavy atom. The number of nitrogens with one attached hydrogen (secondary N) is 1. The molecular formula is C15H20N2O3. The summed E-state index contributed by atoms with van der Waals surface area (Å²) in [5, 5.41) is 3.29. The largest absolute Gasteiger partial charge is 0.490 e. The molecule has 0 saturated carbocycles. The van der Waals surface area contributed by atoms with Crippen LogP contribution in [-0.4, -0.2) is 49.7 Å². The third-order valence-electron chi connectivity index (χ3n) is 3.76. The van der Waals surface area contributed by atoms with Crippen LogP contribution in [0.5, 0.6) is 11.5 Å². The van der Waals surface area contributed by atoms with Crippen LogP contribution in [0.1, 0.15) is 23.7 Å². The van der Waals surface area contributed by atoms with Crippen LogP contribution in [0.3, 0.4) is 0 Å². The smallest absolute Gasteiger partial charge is 0.254 e. The molecule has 1 fully saturated rings. The van der Waals surface area contributed by atoms with Gasteiger partial charge in [-0.25, -0.2) is 0 Å². The number of carbonyl (C=O) groups is 1. The number of benzene rings is 1. The molecule has 1 saturated heterocycles. The Balaban J connectivity index is 1.82. The van der Waals surface area contributed by atoms with Crippen molar-refractivity contribution >= 4 is 5.91 Å². The van der Waals surface area contributed by atoms with E-state index in [0.717, 1.165) is 31.8 Å². The van der Waals surface area contributed by atoms with Gasteiger partial charge in [0, 0.05) is 37.7 Å². The fourth-order valence-corrected chi connectivity index (χ4v) is 2.60. The van der Waals surface area contributed by atoms with Crippen LogP contribution in [0.25, 0.3) is 0 Å². The van der Waals surface area contributed by atoms with Crippen LogP contribution in [0.2, 0.25) is 0 Å². The number of hydrogen-bond acceptors (Lipinski definition) is 4. The van der Waals surface area contributed by atoms with Gasteiger partial charge >= 0.3 is 0 Å². The molecule has 1 aromatic rings. The Bertz CT molecular complexity index is 504. The van der Waals surface area contributed by atoms with E-state index in [2.05, 4.69) is 12.2 Å². The predicted molar refractivity (Wildman–Crippen MR) is 75.4 cm³/mol. The van der Waals surface area contributed by atoms with E-state index in [1.807, 2.05) is 17.0 Å². The lowest BCUT2D eigenvalue weighted by Crippen LogP contribution is -2.52. The molecule has 1 amide bonds. The summed E-state index contributed by atoms with van der Waals surface area (Å²) >= 11 is 0. The van der Waals surface area contributed by atoms with Crippen molar-refractivity contribution in [3.8, 4) is 11.5 Å². The Hall–Kier alpha value is -1.75. The van der Waals surface area contributed by atoms with E-state index in [1.165, 1.54) is 0 Å². The molecule has 0 aromatic heterocycles. The molecule has 2 aliphatic heterocycles. The van der Waals surface area contributed by atoms with Crippen molar-refractivity contribution in [1.82, 2.24) is 10.2 Å². The maximum absolute atomic E-state index is 12.6. The highest BCUT2D eigenvalue weighted by atomic mass is 16.5. The molecule has 2 heterocycles. The third kappa shape index (κ3) is 2.58. The summed E-state index contributed by atoms with van der Waals surface area (Å²) in [4.78, 5) is 14.5. The van der Waals surface area contributed by atoms with Crippen LogP contribution in [0.15, 0.2) is 18.2 Å². The minimum Gasteiger partial charge on any atom is -0.490 e. The first kappa shape index (κ1) is 13.2. The van der Waals surface area contributed by atoms with Crippen LogP contribution in [0, 0.1) is 0 Å². The topological polar surface area (TPSA) is 50.8 Å². The number of carbonyl (C=O) groups excluding carboxylic acids is 1. The number of nitrogens with zero attached hydrogens (tertiary/aromatic N) is 1. The van der Waals surface area contributed by atoms with Crippen LogP contribution in [-0.2, 0) is 0 Å². The highest BCUT2D eigenvalue weighted by molar-refractivity contribution is 5.95. The van der Waals surface area contributed by atoms with E-state index >= 15 is 0 Å². The number of hydrogen-bond donors (Lipinski definition) is 1. The van der Waals surface area contributed by atoms with Gasteiger partial charge in [-0.05, 0) is 25.1 Å². The molecule has 2 aliphatic rings. The summed E-state index contributed by atoms with van der Waals surface area (Å²) in [5.74, 6) is 1.47. The van der Waals surface area contributed by atoms with Crippen LogP contribution in [0.4, 0.5) is 0 Å². The van der Waals surface area contributed by atoms with E-state index in [0.29, 0.717) is 24.5 Å². The Kier molecular flexibility index (Phi) is 3.78. The summed E-state index contributed by atoms with van der Waals surface area (Å²) in [6.45, 7) is 5.79. The number of ether oxygens (including phenoxy) is 2. The zero-order valence-corrected chi connectivity index (χ0v) is 11.7. The molecule has 0 spiro atoms. The maximum atomic E-state index is 12.6. The fraction of sp³-hybridized carbons (Fsp3) is 0.533. The van der Waals surface area contributed by atoms with Gasteiger partial charge in [0.15, 0.2) is 11.5 Å². The molecule has 0 radical (unpaired) electrons. The van der Waals surface area contributed by atoms with Crippen molar-refractivity contribution in [2.24, 2.45) is 0 Å². The van der Waals surface area contributed by atoms with Gasteiger partial charge in [-0.3, -0.25) is 4.79 Å². The molecule has 5 nitrogen and oxygen atoms in total. The van der Waals surface area contributed by atoms with Gasteiger partial charge < -0.3 is 19.7 Å². The van der Waals surface area contributed by atoms with E-state index < -0.39 is 0 Å². The first-order valence-corrected chi connectivity index (χ1v) is 7.17. The molecule has 1 aromatic carbocycles. The van der Waals surface area contributed by atoms with Gasteiger partial charge in [-0.2, -0.15) is 0 Å². The zero-order chi connectivity index (χ0) is 13.9. The molecule has 108 valence electrons. The van der Waals surface area contributed by atoms with Gasteiger partial charge in [-0.1, -0.05) is 0 Å². The lowest BCUT2D eigenvalue weighted by molar-refractivity contribution is 0.0655. The average molecular weight is 276 g/mol. The molecule has 1 N–H and O–H groups in total. The maximum Gasteiger partial charge on any atom is 0.254 e. The van der Waals surface area contributed by atoms with Gasteiger partial charge in [0.25, 0.3) is 5.91 Å². The summed E-state index contributed by atoms with van der Waals surface area (Å²) < 4.78 is 11.2. The number of rotatable bonds is 1.